The average molecular weight is 562 g/mol. The number of benzene rings is 2. The summed E-state index contributed by atoms with van der Waals surface area (Å²) >= 11 is 7.18. The number of hydrogen-bond acceptors (Lipinski definition) is 6. The van der Waals surface area contributed by atoms with Crippen molar-refractivity contribution in [3.63, 3.8) is 0 Å². The maximum atomic E-state index is 13.2. The van der Waals surface area contributed by atoms with Crippen LogP contribution in [0, 0.1) is 15.9 Å². The maximum Gasteiger partial charge on any atom is 0.335 e. The Morgan fingerprint density at radius 3 is 2.75 bits per heavy atom. The fourth-order valence-corrected chi connectivity index (χ4v) is 3.98. The van der Waals surface area contributed by atoms with Crippen LogP contribution >= 0.6 is 34.8 Å². The molecule has 0 unspecified atom stereocenters. The summed E-state index contributed by atoms with van der Waals surface area (Å²) in [7, 11) is 1.46. The third kappa shape index (κ3) is 4.74. The predicted octanol–water partition coefficient (Wildman–Crippen LogP) is 2.84. The minimum atomic E-state index is -1.16. The molecule has 1 aliphatic heterocycles. The lowest BCUT2D eigenvalue weighted by atomic mass is 10.1. The number of nitrogens with one attached hydrogen (secondary N) is 1. The monoisotopic (exact) mass is 562 g/mol. The normalized spacial score (nSPS) is 14.7. The van der Waals surface area contributed by atoms with Gasteiger partial charge in [-0.15, -0.1) is 6.42 Å². The van der Waals surface area contributed by atoms with Crippen molar-refractivity contribution in [1.82, 2.24) is 5.32 Å². The number of methoxy groups -OCH3 is 1. The van der Waals surface area contributed by atoms with Gasteiger partial charge in [-0.2, -0.15) is 0 Å². The summed E-state index contributed by atoms with van der Waals surface area (Å²) in [4.78, 5) is 38.1. The number of halogens is 1. The summed E-state index contributed by atoms with van der Waals surface area (Å²) in [5.74, 6) is 0.679. The number of hydrogen-bond donors (Lipinski definition) is 2. The molecule has 32 heavy (non-hydrogen) atoms. The Morgan fingerprint density at radius 2 is 2.09 bits per heavy atom. The lowest BCUT2D eigenvalue weighted by Gasteiger charge is -2.29. The number of nitrogens with zero attached hydrogens (tertiary/aromatic N) is 1. The highest BCUT2D eigenvalue weighted by Crippen LogP contribution is 2.35. The lowest BCUT2D eigenvalue weighted by Crippen LogP contribution is -2.54. The molecule has 0 spiro atoms. The molecule has 1 fully saturated rings. The zero-order chi connectivity index (χ0) is 23.4. The van der Waals surface area contributed by atoms with Crippen LogP contribution in [-0.2, 0) is 9.59 Å². The van der Waals surface area contributed by atoms with Gasteiger partial charge in [0.05, 0.1) is 21.9 Å². The van der Waals surface area contributed by atoms with Crippen LogP contribution in [0.4, 0.5) is 5.69 Å². The number of amides is 2. The van der Waals surface area contributed by atoms with Gasteiger partial charge in [-0.05, 0) is 76.8 Å². The van der Waals surface area contributed by atoms with Gasteiger partial charge in [-0.3, -0.25) is 19.8 Å². The number of carboxylic acids is 1. The van der Waals surface area contributed by atoms with Gasteiger partial charge < -0.3 is 14.6 Å². The Morgan fingerprint density at radius 1 is 1.34 bits per heavy atom. The quantitative estimate of drug-likeness (QED) is 0.184. The fraction of sp³-hybridized carbons (Fsp3) is 0.0909. The van der Waals surface area contributed by atoms with Gasteiger partial charge in [-0.1, -0.05) is 12.0 Å². The van der Waals surface area contributed by atoms with Crippen molar-refractivity contribution in [2.75, 3.05) is 18.6 Å². The first-order valence-corrected chi connectivity index (χ1v) is 10.4. The van der Waals surface area contributed by atoms with Crippen LogP contribution < -0.4 is 19.7 Å². The first-order valence-electron chi connectivity index (χ1n) is 8.95. The molecule has 0 aromatic heterocycles. The van der Waals surface area contributed by atoms with E-state index in [0.717, 1.165) is 4.90 Å². The molecule has 0 aliphatic carbocycles. The second-order valence-corrected chi connectivity index (χ2v) is 7.89. The van der Waals surface area contributed by atoms with Crippen molar-refractivity contribution in [1.29, 1.82) is 0 Å². The highest BCUT2D eigenvalue weighted by Gasteiger charge is 2.34. The SMILES string of the molecule is C#CCOc1c(I)cc(C=C2C(=O)NC(=S)N(c3cccc(C(=O)O)c3)C2=O)cc1OC. The largest absolute Gasteiger partial charge is 0.493 e. The molecule has 1 aliphatic rings. The molecule has 2 aromatic rings. The van der Waals surface area contributed by atoms with Gasteiger partial charge in [0.1, 0.15) is 12.2 Å². The van der Waals surface area contributed by atoms with E-state index in [1.54, 1.807) is 12.1 Å². The van der Waals surface area contributed by atoms with Crippen molar-refractivity contribution >= 4 is 69.5 Å². The smallest absolute Gasteiger partial charge is 0.335 e. The van der Waals surface area contributed by atoms with E-state index in [9.17, 15) is 19.5 Å². The van der Waals surface area contributed by atoms with Crippen molar-refractivity contribution in [3.8, 4) is 23.8 Å². The third-order valence-corrected chi connectivity index (χ3v) is 5.40. The Labute approximate surface area is 202 Å². The first-order chi connectivity index (χ1) is 15.3. The second-order valence-electron chi connectivity index (χ2n) is 6.34. The standard InChI is InChI=1S/C22H15IN2O6S/c1-3-7-31-18-16(23)9-12(10-17(18)30-2)8-15-19(26)24-22(32)25(20(15)27)14-6-4-5-13(11-14)21(28)29/h1,4-6,8-11H,7H2,2H3,(H,28,29)(H,24,26,32). The van der Waals surface area contributed by atoms with Crippen LogP contribution in [0.1, 0.15) is 15.9 Å². The summed E-state index contributed by atoms with van der Waals surface area (Å²) in [5.41, 5.74) is 0.512. The fourth-order valence-electron chi connectivity index (χ4n) is 2.91. The molecule has 1 saturated heterocycles. The number of rotatable bonds is 6. The molecule has 3 rings (SSSR count). The topological polar surface area (TPSA) is 105 Å². The van der Waals surface area contributed by atoms with Gasteiger partial charge in [0.2, 0.25) is 0 Å². The molecule has 10 heteroatoms. The van der Waals surface area contributed by atoms with Crippen LogP contribution in [-0.4, -0.2) is 41.7 Å². The number of carbonyl (C=O) groups is 3. The molecule has 2 N–H and O–H groups in total. The van der Waals surface area contributed by atoms with Crippen LogP contribution in [0.3, 0.4) is 0 Å². The number of aromatic carboxylic acids is 1. The van der Waals surface area contributed by atoms with E-state index in [2.05, 4.69) is 11.2 Å². The highest BCUT2D eigenvalue weighted by molar-refractivity contribution is 14.1. The molecule has 8 nitrogen and oxygen atoms in total. The summed E-state index contributed by atoms with van der Waals surface area (Å²) in [6.45, 7) is 0.0511. The minimum Gasteiger partial charge on any atom is -0.493 e. The van der Waals surface area contributed by atoms with Crippen LogP contribution in [0.2, 0.25) is 0 Å². The molecule has 0 bridgehead atoms. The van der Waals surface area contributed by atoms with Gasteiger partial charge in [0.25, 0.3) is 11.8 Å². The number of thiocarbonyl (C=S) groups is 1. The van der Waals surface area contributed by atoms with E-state index in [-0.39, 0.29) is 28.5 Å². The molecule has 2 amide bonds. The van der Waals surface area contributed by atoms with Gasteiger partial charge in [-0.25, -0.2) is 4.79 Å². The van der Waals surface area contributed by atoms with E-state index in [1.807, 2.05) is 22.6 Å². The van der Waals surface area contributed by atoms with E-state index in [4.69, 9.17) is 28.1 Å². The van der Waals surface area contributed by atoms with Crippen LogP contribution in [0.5, 0.6) is 11.5 Å². The average Bonchev–Trinajstić information content (AvgIpc) is 2.75. The summed E-state index contributed by atoms with van der Waals surface area (Å²) in [5, 5.41) is 11.5. The number of terminal acetylenes is 1. The maximum absolute atomic E-state index is 13.2. The molecule has 2 aromatic carbocycles. The number of anilines is 1. The van der Waals surface area contributed by atoms with Crippen molar-refractivity contribution in [3.05, 3.63) is 56.7 Å². The van der Waals surface area contributed by atoms with Crippen molar-refractivity contribution < 1.29 is 29.0 Å². The number of carboxylic acid groups (broad SMARTS) is 1. The molecule has 0 saturated carbocycles. The van der Waals surface area contributed by atoms with Gasteiger partial charge in [0, 0.05) is 0 Å². The van der Waals surface area contributed by atoms with E-state index in [1.165, 1.54) is 37.5 Å². The first kappa shape index (κ1) is 23.2. The van der Waals surface area contributed by atoms with E-state index in [0.29, 0.717) is 20.6 Å². The Balaban J connectivity index is 2.03. The molecule has 0 atom stereocenters. The molecule has 1 heterocycles. The molecular weight excluding hydrogens is 547 g/mol. The van der Waals surface area contributed by atoms with Gasteiger partial charge >= 0.3 is 5.97 Å². The predicted molar refractivity (Wildman–Crippen MR) is 130 cm³/mol. The Bertz CT molecular complexity index is 1220. The zero-order valence-electron chi connectivity index (χ0n) is 16.5. The minimum absolute atomic E-state index is 0.0256. The zero-order valence-corrected chi connectivity index (χ0v) is 19.5. The third-order valence-electron chi connectivity index (χ3n) is 4.32. The van der Waals surface area contributed by atoms with Crippen LogP contribution in [0.15, 0.2) is 42.0 Å². The summed E-state index contributed by atoms with van der Waals surface area (Å²) < 4.78 is 11.5. The highest BCUT2D eigenvalue weighted by atomic mass is 127. The Hall–Kier alpha value is -3.43. The van der Waals surface area contributed by atoms with Gasteiger partial charge in [0.15, 0.2) is 16.6 Å². The number of carbonyl (C=O) groups excluding carboxylic acids is 2. The number of ether oxygens (including phenoxy) is 2. The van der Waals surface area contributed by atoms with Crippen LogP contribution in [0.25, 0.3) is 6.08 Å². The molecular formula is C22H15IN2O6S. The molecule has 0 radical (unpaired) electrons. The summed E-state index contributed by atoms with van der Waals surface area (Å²) in [6, 6.07) is 8.99. The van der Waals surface area contributed by atoms with Crippen molar-refractivity contribution in [2.24, 2.45) is 0 Å². The van der Waals surface area contributed by atoms with Crippen molar-refractivity contribution in [2.45, 2.75) is 0 Å². The molecule has 162 valence electrons. The van der Waals surface area contributed by atoms with E-state index < -0.39 is 17.8 Å². The Kier molecular flexibility index (Phi) is 7.12. The second kappa shape index (κ2) is 9.80. The lowest BCUT2D eigenvalue weighted by molar-refractivity contribution is -0.122. The summed E-state index contributed by atoms with van der Waals surface area (Å²) in [6.07, 6.45) is 6.63. The van der Waals surface area contributed by atoms with E-state index >= 15 is 0 Å².